The zero-order valence-corrected chi connectivity index (χ0v) is 11.0. The van der Waals surface area contributed by atoms with Crippen LogP contribution in [0.5, 0.6) is 0 Å². The van der Waals surface area contributed by atoms with Gasteiger partial charge in [-0.1, -0.05) is 19.9 Å². The summed E-state index contributed by atoms with van der Waals surface area (Å²) in [5.41, 5.74) is 8.47. The first-order valence-corrected chi connectivity index (χ1v) is 7.34. The van der Waals surface area contributed by atoms with Crippen molar-refractivity contribution in [2.45, 2.75) is 26.9 Å². The van der Waals surface area contributed by atoms with Crippen LogP contribution in [0, 0.1) is 5.92 Å². The van der Waals surface area contributed by atoms with E-state index >= 15 is 0 Å². The van der Waals surface area contributed by atoms with Crippen LogP contribution < -0.4 is 5.73 Å². The molecule has 2 rings (SSSR count). The van der Waals surface area contributed by atoms with Crippen LogP contribution in [-0.2, 0) is 23.1 Å². The predicted octanol–water partition coefficient (Wildman–Crippen LogP) is 1.57. The van der Waals surface area contributed by atoms with E-state index in [0.717, 1.165) is 11.1 Å². The number of nitrogens with zero attached hydrogens (tertiary/aromatic N) is 1. The van der Waals surface area contributed by atoms with Crippen LogP contribution in [0.4, 0.5) is 5.69 Å². The first-order chi connectivity index (χ1) is 7.88. The van der Waals surface area contributed by atoms with Crippen molar-refractivity contribution in [2.75, 3.05) is 11.5 Å². The van der Waals surface area contributed by atoms with Gasteiger partial charge in [0.25, 0.3) is 0 Å². The minimum Gasteiger partial charge on any atom is -0.399 e. The summed E-state index contributed by atoms with van der Waals surface area (Å²) < 4.78 is 25.7. The van der Waals surface area contributed by atoms with Gasteiger partial charge in [0.05, 0.1) is 5.75 Å². The Kier molecular flexibility index (Phi) is 3.14. The van der Waals surface area contributed by atoms with E-state index in [1.54, 1.807) is 0 Å². The lowest BCUT2D eigenvalue weighted by Gasteiger charge is -2.16. The van der Waals surface area contributed by atoms with Crippen LogP contribution in [0.2, 0.25) is 0 Å². The molecule has 1 heterocycles. The van der Waals surface area contributed by atoms with Crippen molar-refractivity contribution in [1.29, 1.82) is 0 Å². The highest BCUT2D eigenvalue weighted by molar-refractivity contribution is 7.89. The summed E-state index contributed by atoms with van der Waals surface area (Å²) >= 11 is 0. The third kappa shape index (κ3) is 2.61. The van der Waals surface area contributed by atoms with Gasteiger partial charge in [0.1, 0.15) is 0 Å². The van der Waals surface area contributed by atoms with E-state index in [1.165, 1.54) is 4.31 Å². The van der Waals surface area contributed by atoms with Crippen LogP contribution in [-0.4, -0.2) is 18.5 Å². The van der Waals surface area contributed by atoms with Gasteiger partial charge in [-0.25, -0.2) is 8.42 Å². The van der Waals surface area contributed by atoms with E-state index in [2.05, 4.69) is 0 Å². The van der Waals surface area contributed by atoms with Crippen LogP contribution in [0.3, 0.4) is 0 Å². The summed E-state index contributed by atoms with van der Waals surface area (Å²) in [4.78, 5) is 0. The molecule has 0 aliphatic carbocycles. The minimum atomic E-state index is -3.15. The van der Waals surface area contributed by atoms with E-state index < -0.39 is 10.0 Å². The molecule has 94 valence electrons. The molecule has 0 aromatic heterocycles. The van der Waals surface area contributed by atoms with E-state index in [-0.39, 0.29) is 11.7 Å². The van der Waals surface area contributed by atoms with Crippen molar-refractivity contribution < 1.29 is 8.42 Å². The second-order valence-electron chi connectivity index (χ2n) is 4.97. The van der Waals surface area contributed by atoms with Gasteiger partial charge < -0.3 is 5.73 Å². The highest BCUT2D eigenvalue weighted by atomic mass is 32.2. The summed E-state index contributed by atoms with van der Waals surface area (Å²) in [6.07, 6.45) is 0. The number of hydrogen-bond acceptors (Lipinski definition) is 3. The van der Waals surface area contributed by atoms with Crippen LogP contribution in [0.15, 0.2) is 18.2 Å². The lowest BCUT2D eigenvalue weighted by Crippen LogP contribution is -2.29. The van der Waals surface area contributed by atoms with Gasteiger partial charge in [-0.3, -0.25) is 0 Å². The number of nitrogens with two attached hydrogens (primary N) is 1. The van der Waals surface area contributed by atoms with Crippen molar-refractivity contribution in [3.63, 3.8) is 0 Å². The van der Waals surface area contributed by atoms with Crippen molar-refractivity contribution in [2.24, 2.45) is 5.92 Å². The Hall–Kier alpha value is -1.07. The van der Waals surface area contributed by atoms with Crippen molar-refractivity contribution in [3.8, 4) is 0 Å². The van der Waals surface area contributed by atoms with Gasteiger partial charge in [0.15, 0.2) is 0 Å². The Labute approximate surface area is 102 Å². The third-order valence-electron chi connectivity index (χ3n) is 2.86. The molecule has 1 aromatic rings. The van der Waals surface area contributed by atoms with Gasteiger partial charge in [-0.2, -0.15) is 4.31 Å². The molecule has 0 saturated heterocycles. The predicted molar refractivity (Wildman–Crippen MR) is 68.7 cm³/mol. The van der Waals surface area contributed by atoms with E-state index in [4.69, 9.17) is 5.73 Å². The molecule has 1 aromatic carbocycles. The second kappa shape index (κ2) is 4.31. The van der Waals surface area contributed by atoms with E-state index in [0.29, 0.717) is 18.8 Å². The quantitative estimate of drug-likeness (QED) is 0.833. The summed E-state index contributed by atoms with van der Waals surface area (Å²) in [5.74, 6) is 0.352. The van der Waals surface area contributed by atoms with Crippen molar-refractivity contribution >= 4 is 15.7 Å². The monoisotopic (exact) mass is 254 g/mol. The Morgan fingerprint density at radius 2 is 1.94 bits per heavy atom. The lowest BCUT2D eigenvalue weighted by atomic mass is 10.1. The van der Waals surface area contributed by atoms with Crippen molar-refractivity contribution in [3.05, 3.63) is 29.3 Å². The SMILES string of the molecule is CC(C)CS(=O)(=O)N1Cc2ccc(N)cc2C1. The number of sulfonamides is 1. The Morgan fingerprint density at radius 3 is 2.59 bits per heavy atom. The normalized spacial score (nSPS) is 16.4. The molecule has 0 spiro atoms. The highest BCUT2D eigenvalue weighted by Crippen LogP contribution is 2.27. The van der Waals surface area contributed by atoms with Crippen molar-refractivity contribution in [1.82, 2.24) is 4.31 Å². The maximum Gasteiger partial charge on any atom is 0.214 e. The number of fused-ring (bicyclic) bond motifs is 1. The van der Waals surface area contributed by atoms with Crippen LogP contribution in [0.25, 0.3) is 0 Å². The van der Waals surface area contributed by atoms with Gasteiger partial charge >= 0.3 is 0 Å². The minimum absolute atomic E-state index is 0.147. The second-order valence-corrected chi connectivity index (χ2v) is 6.98. The zero-order valence-electron chi connectivity index (χ0n) is 10.2. The lowest BCUT2D eigenvalue weighted by molar-refractivity contribution is 0.426. The fraction of sp³-hybridized carbons (Fsp3) is 0.500. The van der Waals surface area contributed by atoms with Gasteiger partial charge in [0.2, 0.25) is 10.0 Å². The molecule has 0 atom stereocenters. The number of nitrogen functional groups attached to an aromatic ring is 1. The molecule has 2 N–H and O–H groups in total. The molecule has 0 unspecified atom stereocenters. The molecule has 0 fully saturated rings. The average Bonchev–Trinajstić information content (AvgIpc) is 2.58. The molecule has 1 aliphatic heterocycles. The van der Waals surface area contributed by atoms with Crippen LogP contribution >= 0.6 is 0 Å². The number of rotatable bonds is 3. The summed E-state index contributed by atoms with van der Waals surface area (Å²) in [7, 11) is -3.15. The molecular formula is C12H18N2O2S. The van der Waals surface area contributed by atoms with Gasteiger partial charge in [0, 0.05) is 18.8 Å². The largest absolute Gasteiger partial charge is 0.399 e. The molecule has 0 amide bonds. The first-order valence-electron chi connectivity index (χ1n) is 5.73. The molecule has 1 aliphatic rings. The summed E-state index contributed by atoms with van der Waals surface area (Å²) in [5, 5.41) is 0. The standard InChI is InChI=1S/C12H18N2O2S/c1-9(2)8-17(15,16)14-6-10-3-4-12(13)5-11(10)7-14/h3-5,9H,6-8,13H2,1-2H3. The maximum atomic E-state index is 12.1. The number of hydrogen-bond donors (Lipinski definition) is 1. The zero-order chi connectivity index (χ0) is 12.6. The summed E-state index contributed by atoms with van der Waals surface area (Å²) in [6, 6.07) is 5.59. The Bertz CT molecular complexity index is 523. The number of anilines is 1. The Balaban J connectivity index is 2.20. The fourth-order valence-electron chi connectivity index (χ4n) is 2.11. The molecule has 0 radical (unpaired) electrons. The molecule has 4 nitrogen and oxygen atoms in total. The highest BCUT2D eigenvalue weighted by Gasteiger charge is 2.29. The molecule has 17 heavy (non-hydrogen) atoms. The van der Waals surface area contributed by atoms with Crippen LogP contribution in [0.1, 0.15) is 25.0 Å². The topological polar surface area (TPSA) is 63.4 Å². The third-order valence-corrected chi connectivity index (χ3v) is 4.99. The average molecular weight is 254 g/mol. The summed E-state index contributed by atoms with van der Waals surface area (Å²) in [6.45, 7) is 4.76. The molecular weight excluding hydrogens is 236 g/mol. The molecule has 5 heteroatoms. The number of benzene rings is 1. The van der Waals surface area contributed by atoms with E-state index in [9.17, 15) is 8.42 Å². The first kappa shape index (κ1) is 12.4. The molecule has 0 bridgehead atoms. The van der Waals surface area contributed by atoms with E-state index in [1.807, 2.05) is 32.0 Å². The smallest absolute Gasteiger partial charge is 0.214 e. The Morgan fingerprint density at radius 1 is 1.29 bits per heavy atom. The van der Waals surface area contributed by atoms with Gasteiger partial charge in [-0.05, 0) is 29.2 Å². The van der Waals surface area contributed by atoms with Gasteiger partial charge in [-0.15, -0.1) is 0 Å². The maximum absolute atomic E-state index is 12.1. The fourth-order valence-corrected chi connectivity index (χ4v) is 3.83. The molecule has 0 saturated carbocycles.